The fraction of sp³-hybridized carbons (Fsp3) is 0.500. The van der Waals surface area contributed by atoms with Gasteiger partial charge in [-0.3, -0.25) is 0 Å². The van der Waals surface area contributed by atoms with Crippen LogP contribution in [-0.2, 0) is 4.79 Å². The first kappa shape index (κ1) is 13.0. The monoisotopic (exact) mass is 201 g/mol. The van der Waals surface area contributed by atoms with Gasteiger partial charge in [0.2, 0.25) is 0 Å². The molecule has 5 nitrogen and oxygen atoms in total. The number of hydrogen-bond acceptors (Lipinski definition) is 3. The Hall–Kier alpha value is -0.620. The molecule has 0 radical (unpaired) electrons. The van der Waals surface area contributed by atoms with Crippen molar-refractivity contribution in [1.82, 2.24) is 5.32 Å². The molecular formula is C4H8ClNO4S. The number of rotatable bonds is 3. The van der Waals surface area contributed by atoms with Crippen molar-refractivity contribution in [2.75, 3.05) is 5.75 Å². The van der Waals surface area contributed by atoms with Gasteiger partial charge in [0.1, 0.15) is 6.04 Å². The van der Waals surface area contributed by atoms with Gasteiger partial charge in [0.25, 0.3) is 0 Å². The highest BCUT2D eigenvalue weighted by Crippen LogP contribution is 1.86. The van der Waals surface area contributed by atoms with Crippen LogP contribution in [0.25, 0.3) is 0 Å². The average Bonchev–Trinajstić information content (AvgIpc) is 1.81. The van der Waals surface area contributed by atoms with Crippen LogP contribution in [0.15, 0.2) is 0 Å². The summed E-state index contributed by atoms with van der Waals surface area (Å²) in [6.07, 6.45) is -1.36. The van der Waals surface area contributed by atoms with Crippen LogP contribution >= 0.6 is 25.0 Å². The molecule has 0 saturated carbocycles. The summed E-state index contributed by atoms with van der Waals surface area (Å²) in [5.74, 6) is -1.28. The van der Waals surface area contributed by atoms with Gasteiger partial charge in [-0.15, -0.1) is 12.4 Å². The summed E-state index contributed by atoms with van der Waals surface area (Å²) < 4.78 is 0. The molecule has 1 atom stereocenters. The summed E-state index contributed by atoms with van der Waals surface area (Å²) in [4.78, 5) is 20.0. The third-order valence-corrected chi connectivity index (χ3v) is 1.14. The average molecular weight is 202 g/mol. The van der Waals surface area contributed by atoms with Crippen LogP contribution < -0.4 is 5.32 Å². The van der Waals surface area contributed by atoms with E-state index in [9.17, 15) is 9.59 Å². The first-order chi connectivity index (χ1) is 4.57. The van der Waals surface area contributed by atoms with E-state index in [1.165, 1.54) is 0 Å². The molecule has 11 heavy (non-hydrogen) atoms. The van der Waals surface area contributed by atoms with E-state index < -0.39 is 18.1 Å². The lowest BCUT2D eigenvalue weighted by molar-refractivity contribution is -0.138. The van der Waals surface area contributed by atoms with E-state index in [1.54, 1.807) is 5.32 Å². The van der Waals surface area contributed by atoms with Gasteiger partial charge in [0.05, 0.1) is 0 Å². The molecular weight excluding hydrogens is 194 g/mol. The third-order valence-electron chi connectivity index (χ3n) is 0.778. The Balaban J connectivity index is 0. The Kier molecular flexibility index (Phi) is 7.23. The molecule has 0 unspecified atom stereocenters. The Labute approximate surface area is 74.6 Å². The number of hydrogen-bond donors (Lipinski definition) is 4. The minimum atomic E-state index is -1.36. The van der Waals surface area contributed by atoms with Gasteiger partial charge in [0, 0.05) is 5.75 Å². The van der Waals surface area contributed by atoms with E-state index in [1.807, 2.05) is 0 Å². The first-order valence-corrected chi connectivity index (χ1v) is 3.04. The smallest absolute Gasteiger partial charge is 0.405 e. The molecule has 0 aromatic heterocycles. The molecule has 0 rings (SSSR count). The normalized spacial score (nSPS) is 11.0. The molecule has 0 aromatic rings. The summed E-state index contributed by atoms with van der Waals surface area (Å²) in [5.41, 5.74) is 0. The van der Waals surface area contributed by atoms with Gasteiger partial charge in [-0.05, 0) is 0 Å². The zero-order valence-electron chi connectivity index (χ0n) is 5.35. The summed E-state index contributed by atoms with van der Waals surface area (Å²) >= 11 is 3.62. The predicted octanol–water partition coefficient (Wildman–Crippen LogP) is 0.0588. The van der Waals surface area contributed by atoms with Crippen LogP contribution in [0.5, 0.6) is 0 Å². The molecule has 0 heterocycles. The second-order valence-electron chi connectivity index (χ2n) is 1.52. The van der Waals surface area contributed by atoms with Crippen LogP contribution in [0.4, 0.5) is 4.79 Å². The third kappa shape index (κ3) is 5.81. The maximum absolute atomic E-state index is 10.1. The highest BCUT2D eigenvalue weighted by atomic mass is 35.5. The Morgan fingerprint density at radius 2 is 1.91 bits per heavy atom. The molecule has 0 bridgehead atoms. The first-order valence-electron chi connectivity index (χ1n) is 2.41. The number of amides is 1. The lowest BCUT2D eigenvalue weighted by Crippen LogP contribution is -2.41. The summed E-state index contributed by atoms with van der Waals surface area (Å²) in [6, 6.07) is -1.12. The molecule has 0 spiro atoms. The minimum Gasteiger partial charge on any atom is -0.480 e. The van der Waals surface area contributed by atoms with Crippen LogP contribution in [0.2, 0.25) is 0 Å². The van der Waals surface area contributed by atoms with Crippen molar-refractivity contribution in [2.24, 2.45) is 0 Å². The van der Waals surface area contributed by atoms with Crippen LogP contribution in [0.3, 0.4) is 0 Å². The molecule has 0 aliphatic carbocycles. The number of carboxylic acid groups (broad SMARTS) is 2. The van der Waals surface area contributed by atoms with Gasteiger partial charge >= 0.3 is 12.1 Å². The van der Waals surface area contributed by atoms with E-state index in [2.05, 4.69) is 12.6 Å². The van der Waals surface area contributed by atoms with E-state index in [0.717, 1.165) is 0 Å². The minimum absolute atomic E-state index is 0. The van der Waals surface area contributed by atoms with Crippen molar-refractivity contribution in [2.45, 2.75) is 6.04 Å². The van der Waals surface area contributed by atoms with Crippen molar-refractivity contribution in [3.8, 4) is 0 Å². The van der Waals surface area contributed by atoms with Gasteiger partial charge in [0.15, 0.2) is 0 Å². The summed E-state index contributed by atoms with van der Waals surface area (Å²) in [5, 5.41) is 18.1. The Bertz CT molecular complexity index is 153. The molecule has 0 aliphatic rings. The molecule has 66 valence electrons. The highest BCUT2D eigenvalue weighted by Gasteiger charge is 2.16. The second-order valence-corrected chi connectivity index (χ2v) is 1.89. The van der Waals surface area contributed by atoms with Crippen LogP contribution in [0, 0.1) is 0 Å². The van der Waals surface area contributed by atoms with Gasteiger partial charge in [-0.25, -0.2) is 9.59 Å². The number of nitrogens with one attached hydrogen (secondary N) is 1. The number of aliphatic carboxylic acids is 1. The second kappa shape index (κ2) is 6.11. The van der Waals surface area contributed by atoms with Crippen molar-refractivity contribution < 1.29 is 19.8 Å². The quantitative estimate of drug-likeness (QED) is 0.487. The zero-order chi connectivity index (χ0) is 8.15. The molecule has 1 amide bonds. The summed E-state index contributed by atoms with van der Waals surface area (Å²) in [7, 11) is 0. The van der Waals surface area contributed by atoms with Crippen molar-refractivity contribution in [3.63, 3.8) is 0 Å². The fourth-order valence-electron chi connectivity index (χ4n) is 0.335. The lowest BCUT2D eigenvalue weighted by atomic mass is 10.3. The Morgan fingerprint density at radius 3 is 2.00 bits per heavy atom. The topological polar surface area (TPSA) is 86.6 Å². The standard InChI is InChI=1S/C4H7NO4S.ClH/c6-3(7)2(1-10)5-4(8)9;/h2,5,10H,1H2,(H,6,7)(H,8,9);1H/t2-;/m0./s1. The number of carbonyl (C=O) groups is 2. The molecule has 0 fully saturated rings. The van der Waals surface area contributed by atoms with E-state index in [4.69, 9.17) is 10.2 Å². The van der Waals surface area contributed by atoms with Gasteiger partial charge < -0.3 is 15.5 Å². The lowest BCUT2D eigenvalue weighted by Gasteiger charge is -2.06. The van der Waals surface area contributed by atoms with Crippen LogP contribution in [-0.4, -0.2) is 34.1 Å². The summed E-state index contributed by atoms with van der Waals surface area (Å²) in [6.45, 7) is 0. The number of carboxylic acids is 1. The number of halogens is 1. The van der Waals surface area contributed by atoms with E-state index >= 15 is 0 Å². The maximum Gasteiger partial charge on any atom is 0.405 e. The van der Waals surface area contributed by atoms with Gasteiger partial charge in [-0.1, -0.05) is 0 Å². The molecule has 7 heteroatoms. The SMILES string of the molecule is Cl.O=C(O)N[C@@H](CS)C(=O)O. The van der Waals surface area contributed by atoms with Crippen molar-refractivity contribution >= 4 is 37.1 Å². The van der Waals surface area contributed by atoms with Gasteiger partial charge in [-0.2, -0.15) is 12.6 Å². The van der Waals surface area contributed by atoms with E-state index in [-0.39, 0.29) is 18.2 Å². The zero-order valence-corrected chi connectivity index (χ0v) is 7.06. The number of thiol groups is 1. The maximum atomic E-state index is 10.1. The highest BCUT2D eigenvalue weighted by molar-refractivity contribution is 7.80. The van der Waals surface area contributed by atoms with Crippen molar-refractivity contribution in [3.05, 3.63) is 0 Å². The fourth-order valence-corrected chi connectivity index (χ4v) is 0.582. The molecule has 0 saturated heterocycles. The molecule has 0 aromatic carbocycles. The van der Waals surface area contributed by atoms with E-state index in [0.29, 0.717) is 0 Å². The largest absolute Gasteiger partial charge is 0.480 e. The molecule has 3 N–H and O–H groups in total. The Morgan fingerprint density at radius 1 is 1.45 bits per heavy atom. The van der Waals surface area contributed by atoms with Crippen LogP contribution in [0.1, 0.15) is 0 Å². The molecule has 0 aliphatic heterocycles. The van der Waals surface area contributed by atoms with Crippen molar-refractivity contribution in [1.29, 1.82) is 0 Å². The predicted molar refractivity (Wildman–Crippen MR) is 43.7 cm³/mol.